The number of ether oxygens (including phenoxy) is 2. The highest BCUT2D eigenvalue weighted by atomic mass is 16.7. The summed E-state index contributed by atoms with van der Waals surface area (Å²) in [4.78, 5) is 0. The molecule has 0 aromatic rings. The zero-order valence-electron chi connectivity index (χ0n) is 6.63. The lowest BCUT2D eigenvalue weighted by molar-refractivity contribution is -0.125. The van der Waals surface area contributed by atoms with E-state index < -0.39 is 0 Å². The van der Waals surface area contributed by atoms with Crippen molar-refractivity contribution >= 4 is 0 Å². The molecule has 0 aliphatic heterocycles. The second kappa shape index (κ2) is 5.21. The van der Waals surface area contributed by atoms with Crippen LogP contribution in [0.5, 0.6) is 0 Å². The van der Waals surface area contributed by atoms with Crippen molar-refractivity contribution in [1.29, 1.82) is 5.26 Å². The van der Waals surface area contributed by atoms with Gasteiger partial charge in [0, 0.05) is 14.2 Å². The number of nitriles is 1. The molecule has 1 atom stereocenters. The summed E-state index contributed by atoms with van der Waals surface area (Å²) in [6, 6.07) is 2.10. The second-order valence-corrected chi connectivity index (χ2v) is 1.98. The van der Waals surface area contributed by atoms with Gasteiger partial charge >= 0.3 is 0 Å². The summed E-state index contributed by atoms with van der Waals surface area (Å²) in [6.07, 6.45) is 0.373. The third kappa shape index (κ3) is 2.34. The first kappa shape index (κ1) is 9.41. The highest BCUT2D eigenvalue weighted by molar-refractivity contribution is 4.83. The predicted molar refractivity (Wildman–Crippen MR) is 37.2 cm³/mol. The van der Waals surface area contributed by atoms with Gasteiger partial charge in [0.15, 0.2) is 6.29 Å². The number of hydrogen-bond donors (Lipinski definition) is 0. The summed E-state index contributed by atoms with van der Waals surface area (Å²) in [5, 5.41) is 8.55. The third-order valence-electron chi connectivity index (χ3n) is 1.40. The molecule has 0 radical (unpaired) electrons. The number of rotatable bonds is 4. The van der Waals surface area contributed by atoms with E-state index in [2.05, 4.69) is 6.07 Å². The molecule has 3 heteroatoms. The maximum Gasteiger partial charge on any atom is 0.172 e. The molecule has 0 aromatic carbocycles. The van der Waals surface area contributed by atoms with Gasteiger partial charge in [0.05, 0.1) is 12.0 Å². The molecule has 0 spiro atoms. The summed E-state index contributed by atoms with van der Waals surface area (Å²) in [5.41, 5.74) is 0. The van der Waals surface area contributed by atoms with Crippen molar-refractivity contribution in [1.82, 2.24) is 0 Å². The molecule has 0 saturated heterocycles. The van der Waals surface area contributed by atoms with Gasteiger partial charge in [0.25, 0.3) is 0 Å². The van der Waals surface area contributed by atoms with Crippen molar-refractivity contribution in [3.63, 3.8) is 0 Å². The molecule has 58 valence electrons. The van der Waals surface area contributed by atoms with Crippen LogP contribution in [0.3, 0.4) is 0 Å². The maximum absolute atomic E-state index is 8.55. The topological polar surface area (TPSA) is 42.2 Å². The SMILES string of the molecule is CCC(C#N)C(OC)OC. The van der Waals surface area contributed by atoms with Crippen molar-refractivity contribution in [2.45, 2.75) is 19.6 Å². The first-order chi connectivity index (χ1) is 4.79. The first-order valence-corrected chi connectivity index (χ1v) is 3.25. The molecule has 0 heterocycles. The summed E-state index contributed by atoms with van der Waals surface area (Å²) in [5.74, 6) is -0.157. The molecule has 0 aliphatic rings. The van der Waals surface area contributed by atoms with E-state index in [1.807, 2.05) is 6.92 Å². The molecule has 10 heavy (non-hydrogen) atoms. The lowest BCUT2D eigenvalue weighted by Crippen LogP contribution is -2.22. The van der Waals surface area contributed by atoms with Gasteiger partial charge in [0.2, 0.25) is 0 Å². The van der Waals surface area contributed by atoms with Gasteiger partial charge in [-0.1, -0.05) is 6.92 Å². The molecule has 0 aliphatic carbocycles. The van der Waals surface area contributed by atoms with Gasteiger partial charge in [-0.25, -0.2) is 0 Å². The lowest BCUT2D eigenvalue weighted by atomic mass is 10.1. The van der Waals surface area contributed by atoms with Crippen LogP contribution in [0.1, 0.15) is 13.3 Å². The van der Waals surface area contributed by atoms with Crippen LogP contribution in [-0.4, -0.2) is 20.5 Å². The van der Waals surface area contributed by atoms with E-state index in [0.717, 1.165) is 6.42 Å². The van der Waals surface area contributed by atoms with E-state index >= 15 is 0 Å². The molecular weight excluding hydrogens is 130 g/mol. The second-order valence-electron chi connectivity index (χ2n) is 1.98. The Morgan fingerprint density at radius 3 is 2.00 bits per heavy atom. The van der Waals surface area contributed by atoms with Crippen LogP contribution in [-0.2, 0) is 9.47 Å². The molecule has 0 N–H and O–H groups in total. The monoisotopic (exact) mass is 143 g/mol. The molecule has 3 nitrogen and oxygen atoms in total. The minimum atomic E-state index is -0.380. The summed E-state index contributed by atoms with van der Waals surface area (Å²) in [7, 11) is 3.07. The molecular formula is C7H13NO2. The zero-order valence-corrected chi connectivity index (χ0v) is 6.63. The molecule has 0 aromatic heterocycles. The van der Waals surface area contributed by atoms with Gasteiger partial charge in [0.1, 0.15) is 0 Å². The number of hydrogen-bond acceptors (Lipinski definition) is 3. The van der Waals surface area contributed by atoms with Gasteiger partial charge in [-0.2, -0.15) is 5.26 Å². The fraction of sp³-hybridized carbons (Fsp3) is 0.857. The van der Waals surface area contributed by atoms with E-state index in [4.69, 9.17) is 14.7 Å². The maximum atomic E-state index is 8.55. The summed E-state index contributed by atoms with van der Waals surface area (Å²) in [6.45, 7) is 1.93. The van der Waals surface area contributed by atoms with Gasteiger partial charge < -0.3 is 9.47 Å². The average Bonchev–Trinajstić information content (AvgIpc) is 2.00. The Morgan fingerprint density at radius 1 is 1.40 bits per heavy atom. The minimum absolute atomic E-state index is 0.157. The Hall–Kier alpha value is -0.590. The van der Waals surface area contributed by atoms with E-state index in [1.165, 1.54) is 14.2 Å². The van der Waals surface area contributed by atoms with Gasteiger partial charge in [-0.05, 0) is 6.42 Å². The van der Waals surface area contributed by atoms with Crippen molar-refractivity contribution in [2.75, 3.05) is 14.2 Å². The predicted octanol–water partition coefficient (Wildman–Crippen LogP) is 1.16. The van der Waals surface area contributed by atoms with Crippen LogP contribution in [0.4, 0.5) is 0 Å². The molecule has 0 fully saturated rings. The van der Waals surface area contributed by atoms with Crippen molar-refractivity contribution in [2.24, 2.45) is 5.92 Å². The van der Waals surface area contributed by atoms with Gasteiger partial charge in [-0.15, -0.1) is 0 Å². The molecule has 0 saturated carbocycles. The van der Waals surface area contributed by atoms with Crippen LogP contribution >= 0.6 is 0 Å². The number of methoxy groups -OCH3 is 2. The van der Waals surface area contributed by atoms with Gasteiger partial charge in [-0.3, -0.25) is 0 Å². The van der Waals surface area contributed by atoms with Crippen LogP contribution in [0.25, 0.3) is 0 Å². The molecule has 0 bridgehead atoms. The fourth-order valence-corrected chi connectivity index (χ4v) is 0.769. The Labute approximate surface area is 61.5 Å². The van der Waals surface area contributed by atoms with Crippen LogP contribution < -0.4 is 0 Å². The van der Waals surface area contributed by atoms with Crippen LogP contribution in [0, 0.1) is 17.2 Å². The minimum Gasteiger partial charge on any atom is -0.355 e. The molecule has 0 rings (SSSR count). The smallest absolute Gasteiger partial charge is 0.172 e. The zero-order chi connectivity index (χ0) is 7.98. The van der Waals surface area contributed by atoms with Crippen LogP contribution in [0.15, 0.2) is 0 Å². The Bertz CT molecular complexity index is 115. The van der Waals surface area contributed by atoms with Crippen molar-refractivity contribution in [3.05, 3.63) is 0 Å². The van der Waals surface area contributed by atoms with E-state index in [0.29, 0.717) is 0 Å². The van der Waals surface area contributed by atoms with Crippen LogP contribution in [0.2, 0.25) is 0 Å². The lowest BCUT2D eigenvalue weighted by Gasteiger charge is -2.16. The quantitative estimate of drug-likeness (QED) is 0.554. The Kier molecular flexibility index (Phi) is 4.91. The highest BCUT2D eigenvalue weighted by Crippen LogP contribution is 2.10. The first-order valence-electron chi connectivity index (χ1n) is 3.25. The van der Waals surface area contributed by atoms with Crippen molar-refractivity contribution in [3.8, 4) is 6.07 Å². The normalized spacial score (nSPS) is 13.1. The molecule has 0 amide bonds. The van der Waals surface area contributed by atoms with E-state index in [9.17, 15) is 0 Å². The third-order valence-corrected chi connectivity index (χ3v) is 1.40. The summed E-state index contributed by atoms with van der Waals surface area (Å²) >= 11 is 0. The Morgan fingerprint density at radius 2 is 1.90 bits per heavy atom. The average molecular weight is 143 g/mol. The highest BCUT2D eigenvalue weighted by Gasteiger charge is 2.17. The van der Waals surface area contributed by atoms with Crippen molar-refractivity contribution < 1.29 is 9.47 Å². The standard InChI is InChI=1S/C7H13NO2/c1-4-6(5-8)7(9-2)10-3/h6-7H,4H2,1-3H3. The molecule has 1 unspecified atom stereocenters. The van der Waals surface area contributed by atoms with E-state index in [1.54, 1.807) is 0 Å². The number of nitrogens with zero attached hydrogens (tertiary/aromatic N) is 1. The summed E-state index contributed by atoms with van der Waals surface area (Å²) < 4.78 is 9.80. The fourth-order valence-electron chi connectivity index (χ4n) is 0.769. The van der Waals surface area contributed by atoms with E-state index in [-0.39, 0.29) is 12.2 Å². The Balaban J connectivity index is 3.85. The largest absolute Gasteiger partial charge is 0.355 e.